The standard InChI is InChI=1S/C15H11FO2S/c1-2-10-6-7-13(19-10)14(17)12-8-9-4-3-5-11(16)15(9)18-12/h3-8H,2H2,1H3. The van der Waals surface area contributed by atoms with Crippen molar-refractivity contribution in [3.63, 3.8) is 0 Å². The summed E-state index contributed by atoms with van der Waals surface area (Å²) >= 11 is 1.45. The van der Waals surface area contributed by atoms with Crippen molar-refractivity contribution < 1.29 is 13.6 Å². The zero-order chi connectivity index (χ0) is 13.4. The van der Waals surface area contributed by atoms with Gasteiger partial charge in [0, 0.05) is 10.3 Å². The Balaban J connectivity index is 2.04. The number of carbonyl (C=O) groups is 1. The maximum atomic E-state index is 13.5. The predicted octanol–water partition coefficient (Wildman–Crippen LogP) is 4.43. The van der Waals surface area contributed by atoms with Gasteiger partial charge in [-0.3, -0.25) is 4.79 Å². The zero-order valence-corrected chi connectivity index (χ0v) is 11.1. The van der Waals surface area contributed by atoms with Gasteiger partial charge in [0.15, 0.2) is 17.2 Å². The van der Waals surface area contributed by atoms with Crippen LogP contribution in [0.5, 0.6) is 0 Å². The molecule has 0 fully saturated rings. The number of carbonyl (C=O) groups excluding carboxylic acids is 1. The molecule has 0 amide bonds. The Bertz CT molecular complexity index is 754. The summed E-state index contributed by atoms with van der Waals surface area (Å²) in [6.45, 7) is 2.04. The van der Waals surface area contributed by atoms with E-state index < -0.39 is 5.82 Å². The zero-order valence-electron chi connectivity index (χ0n) is 10.3. The maximum absolute atomic E-state index is 13.5. The molecule has 2 aromatic heterocycles. The summed E-state index contributed by atoms with van der Waals surface area (Å²) < 4.78 is 18.9. The van der Waals surface area contributed by atoms with Crippen LogP contribution in [-0.4, -0.2) is 5.78 Å². The summed E-state index contributed by atoms with van der Waals surface area (Å²) in [5.74, 6) is -0.457. The van der Waals surface area contributed by atoms with Crippen LogP contribution < -0.4 is 0 Å². The Kier molecular flexibility index (Phi) is 2.95. The van der Waals surface area contributed by atoms with Crippen molar-refractivity contribution in [2.24, 2.45) is 0 Å². The Morgan fingerprint density at radius 2 is 2.16 bits per heavy atom. The fraction of sp³-hybridized carbons (Fsp3) is 0.133. The van der Waals surface area contributed by atoms with E-state index in [0.717, 1.165) is 11.3 Å². The topological polar surface area (TPSA) is 30.2 Å². The van der Waals surface area contributed by atoms with E-state index >= 15 is 0 Å². The van der Waals surface area contributed by atoms with Gasteiger partial charge in [-0.1, -0.05) is 19.1 Å². The maximum Gasteiger partial charge on any atom is 0.238 e. The molecule has 0 radical (unpaired) electrons. The van der Waals surface area contributed by atoms with E-state index in [0.29, 0.717) is 10.3 Å². The highest BCUT2D eigenvalue weighted by Gasteiger charge is 2.17. The number of para-hydroxylation sites is 1. The van der Waals surface area contributed by atoms with E-state index in [1.165, 1.54) is 17.4 Å². The lowest BCUT2D eigenvalue weighted by molar-refractivity contribution is 0.101. The fourth-order valence-electron chi connectivity index (χ4n) is 1.95. The molecule has 0 saturated carbocycles. The third-order valence-electron chi connectivity index (χ3n) is 2.95. The van der Waals surface area contributed by atoms with Crippen LogP contribution in [0.1, 0.15) is 27.2 Å². The Morgan fingerprint density at radius 3 is 2.84 bits per heavy atom. The van der Waals surface area contributed by atoms with E-state index in [2.05, 4.69) is 0 Å². The van der Waals surface area contributed by atoms with Crippen LogP contribution in [0.2, 0.25) is 0 Å². The molecule has 2 nitrogen and oxygen atoms in total. The Labute approximate surface area is 113 Å². The van der Waals surface area contributed by atoms with Gasteiger partial charge in [-0.05, 0) is 30.7 Å². The number of furan rings is 1. The molecule has 0 aliphatic rings. The van der Waals surface area contributed by atoms with E-state index in [4.69, 9.17) is 4.42 Å². The van der Waals surface area contributed by atoms with E-state index in [1.807, 2.05) is 13.0 Å². The van der Waals surface area contributed by atoms with Crippen molar-refractivity contribution in [3.8, 4) is 0 Å². The van der Waals surface area contributed by atoms with E-state index in [9.17, 15) is 9.18 Å². The lowest BCUT2D eigenvalue weighted by Gasteiger charge is -1.92. The minimum Gasteiger partial charge on any atom is -0.449 e. The summed E-state index contributed by atoms with van der Waals surface area (Å²) in [4.78, 5) is 14.0. The van der Waals surface area contributed by atoms with Crippen LogP contribution in [0.3, 0.4) is 0 Å². The number of thiophene rings is 1. The van der Waals surface area contributed by atoms with Gasteiger partial charge in [-0.15, -0.1) is 11.3 Å². The molecular formula is C15H11FO2S. The lowest BCUT2D eigenvalue weighted by atomic mass is 10.2. The third-order valence-corrected chi connectivity index (χ3v) is 4.18. The van der Waals surface area contributed by atoms with E-state index in [-0.39, 0.29) is 17.1 Å². The van der Waals surface area contributed by atoms with Crippen LogP contribution in [-0.2, 0) is 6.42 Å². The first-order valence-electron chi connectivity index (χ1n) is 6.00. The molecule has 19 heavy (non-hydrogen) atoms. The minimum atomic E-state index is -0.447. The SMILES string of the molecule is CCc1ccc(C(=O)c2cc3cccc(F)c3o2)s1. The molecule has 2 heterocycles. The van der Waals surface area contributed by atoms with Gasteiger partial charge in [-0.2, -0.15) is 0 Å². The average Bonchev–Trinajstić information content (AvgIpc) is 3.05. The number of fused-ring (bicyclic) bond motifs is 1. The van der Waals surface area contributed by atoms with Gasteiger partial charge in [0.25, 0.3) is 0 Å². The first-order valence-corrected chi connectivity index (χ1v) is 6.82. The average molecular weight is 274 g/mol. The van der Waals surface area contributed by atoms with Gasteiger partial charge in [0.1, 0.15) is 0 Å². The first kappa shape index (κ1) is 12.1. The van der Waals surface area contributed by atoms with E-state index in [1.54, 1.807) is 24.3 Å². The van der Waals surface area contributed by atoms with Crippen molar-refractivity contribution in [1.29, 1.82) is 0 Å². The quantitative estimate of drug-likeness (QED) is 0.661. The highest BCUT2D eigenvalue weighted by molar-refractivity contribution is 7.14. The van der Waals surface area contributed by atoms with Crippen molar-refractivity contribution in [2.45, 2.75) is 13.3 Å². The van der Waals surface area contributed by atoms with Crippen LogP contribution in [0.4, 0.5) is 4.39 Å². The second-order valence-corrected chi connectivity index (χ2v) is 5.39. The van der Waals surface area contributed by atoms with Gasteiger partial charge >= 0.3 is 0 Å². The molecule has 3 rings (SSSR count). The van der Waals surface area contributed by atoms with Crippen molar-refractivity contribution in [3.05, 3.63) is 57.7 Å². The normalized spacial score (nSPS) is 11.1. The Hall–Kier alpha value is -1.94. The summed E-state index contributed by atoms with van der Waals surface area (Å²) in [5.41, 5.74) is 0.137. The highest BCUT2D eigenvalue weighted by atomic mass is 32.1. The molecule has 0 aliphatic carbocycles. The summed E-state index contributed by atoms with van der Waals surface area (Å²) in [5, 5.41) is 0.607. The molecule has 0 unspecified atom stereocenters. The molecule has 0 aliphatic heterocycles. The summed E-state index contributed by atoms with van der Waals surface area (Å²) in [6.07, 6.45) is 0.896. The molecule has 0 N–H and O–H groups in total. The molecule has 4 heteroatoms. The molecule has 0 spiro atoms. The van der Waals surface area contributed by atoms with Crippen molar-refractivity contribution in [2.75, 3.05) is 0 Å². The second-order valence-electron chi connectivity index (χ2n) is 4.22. The van der Waals surface area contributed by atoms with Gasteiger partial charge < -0.3 is 4.42 Å². The number of rotatable bonds is 3. The molecule has 0 bridgehead atoms. The second kappa shape index (κ2) is 4.63. The lowest BCUT2D eigenvalue weighted by Crippen LogP contribution is -1.95. The highest BCUT2D eigenvalue weighted by Crippen LogP contribution is 2.26. The molecule has 96 valence electrons. The summed E-state index contributed by atoms with van der Waals surface area (Å²) in [6, 6.07) is 9.95. The van der Waals surface area contributed by atoms with Crippen LogP contribution >= 0.6 is 11.3 Å². The van der Waals surface area contributed by atoms with Crippen LogP contribution in [0.15, 0.2) is 40.8 Å². The van der Waals surface area contributed by atoms with Crippen LogP contribution in [0, 0.1) is 5.82 Å². The number of hydrogen-bond acceptors (Lipinski definition) is 3. The largest absolute Gasteiger partial charge is 0.449 e. The van der Waals surface area contributed by atoms with Gasteiger partial charge in [-0.25, -0.2) is 4.39 Å². The minimum absolute atomic E-state index is 0.137. The van der Waals surface area contributed by atoms with Gasteiger partial charge in [0.2, 0.25) is 5.78 Å². The summed E-state index contributed by atoms with van der Waals surface area (Å²) in [7, 11) is 0. The molecule has 3 aromatic rings. The number of aryl methyl sites for hydroxylation is 1. The van der Waals surface area contributed by atoms with Gasteiger partial charge in [0.05, 0.1) is 4.88 Å². The first-order chi connectivity index (χ1) is 9.19. The van der Waals surface area contributed by atoms with Crippen LogP contribution in [0.25, 0.3) is 11.0 Å². The van der Waals surface area contributed by atoms with Crippen molar-refractivity contribution in [1.82, 2.24) is 0 Å². The predicted molar refractivity (Wildman–Crippen MR) is 73.3 cm³/mol. The fourth-order valence-corrected chi connectivity index (χ4v) is 2.84. The third kappa shape index (κ3) is 2.08. The molecular weight excluding hydrogens is 263 g/mol. The Morgan fingerprint density at radius 1 is 1.32 bits per heavy atom. The molecule has 0 saturated heterocycles. The molecule has 1 aromatic carbocycles. The van der Waals surface area contributed by atoms with Crippen molar-refractivity contribution >= 4 is 28.1 Å². The number of halogens is 1. The smallest absolute Gasteiger partial charge is 0.238 e. The number of hydrogen-bond donors (Lipinski definition) is 0. The number of ketones is 1. The molecule has 0 atom stereocenters. The number of benzene rings is 1. The monoisotopic (exact) mass is 274 g/mol.